The zero-order chi connectivity index (χ0) is 19.9. The number of benzene rings is 2. The van der Waals surface area contributed by atoms with Crippen LogP contribution < -0.4 is 4.90 Å². The molecule has 0 aliphatic carbocycles. The Kier molecular flexibility index (Phi) is 4.81. The van der Waals surface area contributed by atoms with Gasteiger partial charge < -0.3 is 9.64 Å². The van der Waals surface area contributed by atoms with Crippen molar-refractivity contribution in [2.75, 3.05) is 31.2 Å². The maximum Gasteiger partial charge on any atom is 0.210 e. The van der Waals surface area contributed by atoms with Crippen molar-refractivity contribution in [3.05, 3.63) is 59.5 Å². The van der Waals surface area contributed by atoms with Crippen molar-refractivity contribution in [1.82, 2.24) is 4.98 Å². The number of rotatable bonds is 3. The van der Waals surface area contributed by atoms with E-state index < -0.39 is 15.7 Å². The predicted octanol–water partition coefficient (Wildman–Crippen LogP) is 3.66. The Morgan fingerprint density at radius 3 is 2.50 bits per heavy atom. The Morgan fingerprint density at radius 2 is 1.79 bits per heavy atom. The van der Waals surface area contributed by atoms with E-state index in [9.17, 15) is 12.8 Å². The molecule has 0 bridgehead atoms. The summed E-state index contributed by atoms with van der Waals surface area (Å²) in [7, 11) is -3.83. The number of fused-ring (bicyclic) bond motifs is 1. The number of hydrogen-bond acceptors (Lipinski definition) is 5. The Morgan fingerprint density at radius 1 is 1.04 bits per heavy atom. The van der Waals surface area contributed by atoms with E-state index in [0.717, 1.165) is 11.1 Å². The average molecular weight is 400 g/mol. The Bertz CT molecular complexity index is 1160. The van der Waals surface area contributed by atoms with Crippen molar-refractivity contribution in [2.45, 2.75) is 23.6 Å². The fourth-order valence-corrected chi connectivity index (χ4v) is 4.97. The van der Waals surface area contributed by atoms with Crippen molar-refractivity contribution in [1.29, 1.82) is 0 Å². The van der Waals surface area contributed by atoms with E-state index in [2.05, 4.69) is 4.98 Å². The van der Waals surface area contributed by atoms with Crippen molar-refractivity contribution in [2.24, 2.45) is 0 Å². The lowest BCUT2D eigenvalue weighted by Crippen LogP contribution is -2.37. The summed E-state index contributed by atoms with van der Waals surface area (Å²) < 4.78 is 46.4. The highest BCUT2D eigenvalue weighted by Gasteiger charge is 2.28. The summed E-state index contributed by atoms with van der Waals surface area (Å²) in [6.07, 6.45) is 1.38. The second-order valence-corrected chi connectivity index (χ2v) is 8.90. The number of morpholine rings is 1. The lowest BCUT2D eigenvalue weighted by molar-refractivity contribution is 0.122. The van der Waals surface area contributed by atoms with Crippen LogP contribution >= 0.6 is 0 Å². The smallest absolute Gasteiger partial charge is 0.210 e. The molecule has 146 valence electrons. The van der Waals surface area contributed by atoms with E-state index in [1.807, 2.05) is 18.7 Å². The molecule has 7 heteroatoms. The van der Waals surface area contributed by atoms with Crippen LogP contribution in [-0.4, -0.2) is 39.7 Å². The molecule has 1 aromatic heterocycles. The molecule has 1 aliphatic rings. The molecule has 0 radical (unpaired) electrons. The number of halogens is 1. The van der Waals surface area contributed by atoms with Gasteiger partial charge in [0.2, 0.25) is 9.84 Å². The largest absolute Gasteiger partial charge is 0.378 e. The van der Waals surface area contributed by atoms with Gasteiger partial charge >= 0.3 is 0 Å². The minimum Gasteiger partial charge on any atom is -0.378 e. The molecule has 1 saturated heterocycles. The zero-order valence-electron chi connectivity index (χ0n) is 15.8. The second kappa shape index (κ2) is 7.14. The Labute approximate surface area is 163 Å². The van der Waals surface area contributed by atoms with Crippen molar-refractivity contribution in [3.63, 3.8) is 0 Å². The van der Waals surface area contributed by atoms with Crippen LogP contribution in [0.15, 0.2) is 52.4 Å². The van der Waals surface area contributed by atoms with Gasteiger partial charge in [-0.25, -0.2) is 12.8 Å². The minimum absolute atomic E-state index is 0.0933. The first-order valence-electron chi connectivity index (χ1n) is 9.11. The van der Waals surface area contributed by atoms with Gasteiger partial charge in [-0.1, -0.05) is 6.07 Å². The van der Waals surface area contributed by atoms with E-state index in [4.69, 9.17) is 4.74 Å². The monoisotopic (exact) mass is 400 g/mol. The summed E-state index contributed by atoms with van der Waals surface area (Å²) in [6, 6.07) is 9.33. The molecule has 0 amide bonds. The van der Waals surface area contributed by atoms with Gasteiger partial charge in [-0.15, -0.1) is 0 Å². The molecule has 0 N–H and O–H groups in total. The summed E-state index contributed by atoms with van der Waals surface area (Å²) in [5, 5.41) is 0.492. The molecule has 5 nitrogen and oxygen atoms in total. The van der Waals surface area contributed by atoms with Crippen LogP contribution in [0.1, 0.15) is 11.1 Å². The summed E-state index contributed by atoms with van der Waals surface area (Å²) in [5.74, 6) is -0.426. The molecule has 1 fully saturated rings. The average Bonchev–Trinajstić information content (AvgIpc) is 2.69. The van der Waals surface area contributed by atoms with Crippen molar-refractivity contribution >= 4 is 26.4 Å². The maximum atomic E-state index is 14.0. The van der Waals surface area contributed by atoms with Crippen LogP contribution in [0.4, 0.5) is 10.1 Å². The van der Waals surface area contributed by atoms with Gasteiger partial charge in [0.05, 0.1) is 29.3 Å². The zero-order valence-corrected chi connectivity index (χ0v) is 16.6. The SMILES string of the molecule is Cc1ccc(S(=O)(=O)c2cnc3ccc(F)cc3c2N2CCOCC2)cc1C. The van der Waals surface area contributed by atoms with Crippen LogP contribution in [0.25, 0.3) is 10.9 Å². The number of aromatic nitrogens is 1. The lowest BCUT2D eigenvalue weighted by Gasteiger charge is -2.31. The second-order valence-electron chi connectivity index (χ2n) is 6.98. The minimum atomic E-state index is -3.83. The van der Waals surface area contributed by atoms with Crippen LogP contribution in [0.2, 0.25) is 0 Å². The number of sulfone groups is 1. The van der Waals surface area contributed by atoms with Gasteiger partial charge in [-0.2, -0.15) is 0 Å². The highest BCUT2D eigenvalue weighted by molar-refractivity contribution is 7.91. The van der Waals surface area contributed by atoms with E-state index in [-0.39, 0.29) is 9.79 Å². The topological polar surface area (TPSA) is 59.5 Å². The van der Waals surface area contributed by atoms with E-state index in [0.29, 0.717) is 42.9 Å². The van der Waals surface area contributed by atoms with Crippen molar-refractivity contribution in [3.8, 4) is 0 Å². The van der Waals surface area contributed by atoms with Crippen LogP contribution in [0, 0.1) is 19.7 Å². The molecule has 3 aromatic rings. The molecule has 1 aliphatic heterocycles. The fraction of sp³-hybridized carbons (Fsp3) is 0.286. The molecule has 28 heavy (non-hydrogen) atoms. The van der Waals surface area contributed by atoms with Gasteiger partial charge in [0.15, 0.2) is 0 Å². The fourth-order valence-electron chi connectivity index (χ4n) is 3.45. The Balaban J connectivity index is 1.98. The van der Waals surface area contributed by atoms with Crippen molar-refractivity contribution < 1.29 is 17.5 Å². The lowest BCUT2D eigenvalue weighted by atomic mass is 10.1. The Hall–Kier alpha value is -2.51. The normalized spacial score (nSPS) is 15.2. The van der Waals surface area contributed by atoms with E-state index in [1.165, 1.54) is 18.3 Å². The molecule has 0 saturated carbocycles. The third kappa shape index (κ3) is 3.25. The summed E-state index contributed by atoms with van der Waals surface area (Å²) in [4.78, 5) is 6.56. The molecule has 4 rings (SSSR count). The highest BCUT2D eigenvalue weighted by Crippen LogP contribution is 2.36. The molecule has 0 spiro atoms. The molecular formula is C21H21FN2O3S. The van der Waals surface area contributed by atoms with Gasteiger partial charge in [0.25, 0.3) is 0 Å². The number of ether oxygens (including phenoxy) is 1. The number of nitrogens with zero attached hydrogens (tertiary/aromatic N) is 2. The number of aryl methyl sites for hydroxylation is 2. The molecule has 0 atom stereocenters. The first-order valence-corrected chi connectivity index (χ1v) is 10.6. The predicted molar refractivity (Wildman–Crippen MR) is 106 cm³/mol. The first kappa shape index (κ1) is 18.8. The highest BCUT2D eigenvalue weighted by atomic mass is 32.2. The van der Waals surface area contributed by atoms with Gasteiger partial charge in [-0.05, 0) is 55.3 Å². The summed E-state index contributed by atoms with van der Waals surface area (Å²) in [6.45, 7) is 5.86. The first-order chi connectivity index (χ1) is 13.4. The van der Waals surface area contributed by atoms with Crippen LogP contribution in [-0.2, 0) is 14.6 Å². The third-order valence-corrected chi connectivity index (χ3v) is 6.93. The maximum absolute atomic E-state index is 14.0. The molecular weight excluding hydrogens is 379 g/mol. The van der Waals surface area contributed by atoms with Crippen LogP contribution in [0.5, 0.6) is 0 Å². The van der Waals surface area contributed by atoms with Crippen LogP contribution in [0.3, 0.4) is 0 Å². The van der Waals surface area contributed by atoms with E-state index in [1.54, 1.807) is 24.3 Å². The number of hydrogen-bond donors (Lipinski definition) is 0. The standard InChI is InChI=1S/C21H21FN2O3S/c1-14-3-5-17(11-15(14)2)28(25,26)20-13-23-19-6-4-16(22)12-18(19)21(20)24-7-9-27-10-8-24/h3-6,11-13H,7-10H2,1-2H3. The van der Waals surface area contributed by atoms with Gasteiger partial charge in [0.1, 0.15) is 10.7 Å². The van der Waals surface area contributed by atoms with Gasteiger partial charge in [0, 0.05) is 24.7 Å². The molecule has 2 aromatic carbocycles. The number of pyridine rings is 1. The quantitative estimate of drug-likeness (QED) is 0.672. The molecule has 2 heterocycles. The van der Waals surface area contributed by atoms with E-state index >= 15 is 0 Å². The summed E-state index contributed by atoms with van der Waals surface area (Å²) in [5.41, 5.74) is 2.97. The number of anilines is 1. The van der Waals surface area contributed by atoms with Gasteiger partial charge in [-0.3, -0.25) is 4.98 Å². The third-order valence-electron chi connectivity index (χ3n) is 5.17. The summed E-state index contributed by atoms with van der Waals surface area (Å²) >= 11 is 0. The molecule has 0 unspecified atom stereocenters.